The van der Waals surface area contributed by atoms with E-state index in [2.05, 4.69) is 15.4 Å². The molecule has 1 rings (SSSR count). The first kappa shape index (κ1) is 15.4. The molecule has 0 aliphatic heterocycles. The molecule has 1 amide bonds. The Balaban J connectivity index is 2.72. The molecule has 0 saturated heterocycles. The maximum atomic E-state index is 13.4. The van der Waals surface area contributed by atoms with Crippen molar-refractivity contribution in [3.8, 4) is 0 Å². The van der Waals surface area contributed by atoms with Gasteiger partial charge in [0.05, 0.1) is 17.0 Å². The summed E-state index contributed by atoms with van der Waals surface area (Å²) in [6.07, 6.45) is 0. The van der Waals surface area contributed by atoms with Gasteiger partial charge in [-0.2, -0.15) is 0 Å². The Morgan fingerprint density at radius 2 is 2.00 bits per heavy atom. The lowest BCUT2D eigenvalue weighted by Crippen LogP contribution is -2.33. The number of halogens is 1. The predicted molar refractivity (Wildman–Crippen MR) is 71.1 cm³/mol. The Morgan fingerprint density at radius 3 is 2.58 bits per heavy atom. The number of rotatable bonds is 6. The van der Waals surface area contributed by atoms with Gasteiger partial charge in [0, 0.05) is 13.6 Å². The summed E-state index contributed by atoms with van der Waals surface area (Å²) in [6.45, 7) is -0.0539. The van der Waals surface area contributed by atoms with Crippen LogP contribution >= 0.6 is 0 Å². The minimum absolute atomic E-state index is 0.0539. The van der Waals surface area contributed by atoms with Crippen LogP contribution in [0.2, 0.25) is 0 Å². The molecule has 0 heterocycles. The number of nitrogens with one attached hydrogen (secondary N) is 3. The van der Waals surface area contributed by atoms with E-state index in [1.54, 1.807) is 0 Å². The van der Waals surface area contributed by atoms with Crippen molar-refractivity contribution in [1.29, 1.82) is 0 Å². The minimum atomic E-state index is -3.38. The highest BCUT2D eigenvalue weighted by Gasteiger charge is 2.14. The van der Waals surface area contributed by atoms with E-state index in [0.717, 1.165) is 0 Å². The second-order valence-corrected chi connectivity index (χ2v) is 5.74. The zero-order valence-electron chi connectivity index (χ0n) is 10.7. The van der Waals surface area contributed by atoms with Crippen LogP contribution in [0.1, 0.15) is 10.4 Å². The Labute approximate surface area is 111 Å². The number of benzene rings is 1. The molecule has 0 bridgehead atoms. The summed E-state index contributed by atoms with van der Waals surface area (Å²) in [7, 11) is -0.580. The highest BCUT2D eigenvalue weighted by molar-refractivity contribution is 7.89. The molecule has 106 valence electrons. The Kier molecular flexibility index (Phi) is 5.25. The van der Waals surface area contributed by atoms with Gasteiger partial charge in [-0.25, -0.2) is 17.5 Å². The third kappa shape index (κ3) is 4.18. The fourth-order valence-electron chi connectivity index (χ4n) is 1.46. The molecule has 1 aromatic rings. The molecule has 1 aromatic carbocycles. The lowest BCUT2D eigenvalue weighted by atomic mass is 10.1. The van der Waals surface area contributed by atoms with E-state index in [-0.39, 0.29) is 23.5 Å². The van der Waals surface area contributed by atoms with E-state index in [0.29, 0.717) is 0 Å². The van der Waals surface area contributed by atoms with Crippen molar-refractivity contribution in [3.63, 3.8) is 0 Å². The zero-order valence-corrected chi connectivity index (χ0v) is 11.5. The first-order chi connectivity index (χ1) is 8.91. The summed E-state index contributed by atoms with van der Waals surface area (Å²) >= 11 is 0. The SMILES string of the molecule is CNc1c(F)cccc1C(=O)NCCS(=O)(=O)NC. The molecule has 19 heavy (non-hydrogen) atoms. The number of hydrogen-bond acceptors (Lipinski definition) is 4. The first-order valence-corrected chi connectivity index (χ1v) is 7.22. The molecule has 8 heteroatoms. The molecule has 0 radical (unpaired) electrons. The number of anilines is 1. The van der Waals surface area contributed by atoms with Crippen LogP contribution in [0.15, 0.2) is 18.2 Å². The molecule has 0 spiro atoms. The largest absolute Gasteiger partial charge is 0.385 e. The normalized spacial score (nSPS) is 11.1. The van der Waals surface area contributed by atoms with Crippen LogP contribution < -0.4 is 15.4 Å². The van der Waals surface area contributed by atoms with Gasteiger partial charge in [0.1, 0.15) is 5.82 Å². The Morgan fingerprint density at radius 1 is 1.32 bits per heavy atom. The van der Waals surface area contributed by atoms with E-state index in [1.165, 1.54) is 32.3 Å². The van der Waals surface area contributed by atoms with Gasteiger partial charge < -0.3 is 10.6 Å². The number of amides is 1. The summed E-state index contributed by atoms with van der Waals surface area (Å²) in [5, 5.41) is 5.02. The lowest BCUT2D eigenvalue weighted by molar-refractivity contribution is 0.0956. The predicted octanol–water partition coefficient (Wildman–Crippen LogP) is 0.146. The van der Waals surface area contributed by atoms with E-state index >= 15 is 0 Å². The van der Waals surface area contributed by atoms with Crippen molar-refractivity contribution in [3.05, 3.63) is 29.6 Å². The minimum Gasteiger partial charge on any atom is -0.385 e. The Hall–Kier alpha value is -1.67. The third-order valence-corrected chi connectivity index (χ3v) is 3.84. The summed E-state index contributed by atoms with van der Waals surface area (Å²) in [5.41, 5.74) is 0.209. The van der Waals surface area contributed by atoms with Crippen LogP contribution in [-0.4, -0.2) is 40.7 Å². The van der Waals surface area contributed by atoms with Crippen LogP contribution in [0, 0.1) is 5.82 Å². The molecule has 0 aromatic heterocycles. The molecule has 0 aliphatic carbocycles. The van der Waals surface area contributed by atoms with Gasteiger partial charge in [-0.05, 0) is 19.2 Å². The van der Waals surface area contributed by atoms with Gasteiger partial charge in [-0.1, -0.05) is 6.07 Å². The van der Waals surface area contributed by atoms with Crippen LogP contribution in [-0.2, 0) is 10.0 Å². The second kappa shape index (κ2) is 6.48. The number of sulfonamides is 1. The molecule has 0 fully saturated rings. The molecule has 6 nitrogen and oxygen atoms in total. The topological polar surface area (TPSA) is 87.3 Å². The average molecular weight is 289 g/mol. The van der Waals surface area contributed by atoms with Crippen LogP contribution in [0.5, 0.6) is 0 Å². The lowest BCUT2D eigenvalue weighted by Gasteiger charge is -2.10. The summed E-state index contributed by atoms with van der Waals surface area (Å²) in [5.74, 6) is -1.31. The summed E-state index contributed by atoms with van der Waals surface area (Å²) < 4.78 is 37.9. The maximum Gasteiger partial charge on any atom is 0.253 e. The van der Waals surface area contributed by atoms with Crippen LogP contribution in [0.25, 0.3) is 0 Å². The van der Waals surface area contributed by atoms with Gasteiger partial charge in [0.25, 0.3) is 5.91 Å². The summed E-state index contributed by atoms with van der Waals surface area (Å²) in [6, 6.07) is 4.10. The van der Waals surface area contributed by atoms with Crippen molar-refractivity contribution in [2.24, 2.45) is 0 Å². The molecular weight excluding hydrogens is 273 g/mol. The smallest absolute Gasteiger partial charge is 0.253 e. The quantitative estimate of drug-likeness (QED) is 0.695. The van der Waals surface area contributed by atoms with Crippen molar-refractivity contribution >= 4 is 21.6 Å². The van der Waals surface area contributed by atoms with Crippen molar-refractivity contribution in [2.45, 2.75) is 0 Å². The molecule has 0 atom stereocenters. The number of carbonyl (C=O) groups is 1. The van der Waals surface area contributed by atoms with Crippen molar-refractivity contribution in [2.75, 3.05) is 31.7 Å². The van der Waals surface area contributed by atoms with E-state index < -0.39 is 21.7 Å². The van der Waals surface area contributed by atoms with Gasteiger partial charge in [-0.3, -0.25) is 4.79 Å². The monoisotopic (exact) mass is 289 g/mol. The molecular formula is C11H16FN3O3S. The van der Waals surface area contributed by atoms with Gasteiger partial charge in [0.2, 0.25) is 10.0 Å². The molecule has 0 aliphatic rings. The average Bonchev–Trinajstić information content (AvgIpc) is 2.38. The first-order valence-electron chi connectivity index (χ1n) is 5.57. The fourth-order valence-corrected chi connectivity index (χ4v) is 2.04. The van der Waals surface area contributed by atoms with Gasteiger partial charge in [-0.15, -0.1) is 0 Å². The third-order valence-electron chi connectivity index (χ3n) is 2.48. The standard InChI is InChI=1S/C11H16FN3O3S/c1-13-10-8(4-3-5-9(10)12)11(16)15-6-7-19(17,18)14-2/h3-5,13-14H,6-7H2,1-2H3,(H,15,16). The highest BCUT2D eigenvalue weighted by atomic mass is 32.2. The van der Waals surface area contributed by atoms with Gasteiger partial charge in [0.15, 0.2) is 0 Å². The van der Waals surface area contributed by atoms with Gasteiger partial charge >= 0.3 is 0 Å². The fraction of sp³-hybridized carbons (Fsp3) is 0.364. The van der Waals surface area contributed by atoms with E-state index in [1.807, 2.05) is 0 Å². The van der Waals surface area contributed by atoms with E-state index in [9.17, 15) is 17.6 Å². The second-order valence-electron chi connectivity index (χ2n) is 3.69. The number of carbonyl (C=O) groups excluding carboxylic acids is 1. The van der Waals surface area contributed by atoms with Crippen LogP contribution in [0.4, 0.5) is 10.1 Å². The summed E-state index contributed by atoms with van der Waals surface area (Å²) in [4.78, 5) is 11.8. The highest BCUT2D eigenvalue weighted by Crippen LogP contribution is 2.18. The molecule has 0 saturated carbocycles. The van der Waals surface area contributed by atoms with Crippen molar-refractivity contribution in [1.82, 2.24) is 10.0 Å². The zero-order chi connectivity index (χ0) is 14.5. The van der Waals surface area contributed by atoms with Crippen molar-refractivity contribution < 1.29 is 17.6 Å². The van der Waals surface area contributed by atoms with E-state index in [4.69, 9.17) is 0 Å². The molecule has 0 unspecified atom stereocenters. The number of hydrogen-bond donors (Lipinski definition) is 3. The maximum absolute atomic E-state index is 13.4. The Bertz CT molecular complexity index is 560. The molecule has 3 N–H and O–H groups in total. The number of para-hydroxylation sites is 1. The van der Waals surface area contributed by atoms with Crippen LogP contribution in [0.3, 0.4) is 0 Å².